The quantitative estimate of drug-likeness (QED) is 0.0275. The first-order valence-electron chi connectivity index (χ1n) is 29.3. The van der Waals surface area contributed by atoms with Crippen LogP contribution in [-0.4, -0.2) is 118 Å². The molecule has 12 aromatic rings. The lowest BCUT2D eigenvalue weighted by Crippen LogP contribution is -2.45. The average Bonchev–Trinajstić information content (AvgIpc) is 1.72. The van der Waals surface area contributed by atoms with Crippen molar-refractivity contribution in [2.75, 3.05) is 54.3 Å². The Morgan fingerprint density at radius 2 is 0.966 bits per heavy atom. The van der Waals surface area contributed by atoms with Crippen molar-refractivity contribution in [3.8, 4) is 5.88 Å². The molecular formula is C62H77N17O7S3. The van der Waals surface area contributed by atoms with Gasteiger partial charge >= 0.3 is 10.3 Å². The number of aromatic nitrogens is 12. The second kappa shape index (κ2) is 28.1. The summed E-state index contributed by atoms with van der Waals surface area (Å²) in [5.74, 6) is 4.28. The number of ether oxygens (including phenoxy) is 3. The second-order valence-corrected chi connectivity index (χ2v) is 25.3. The van der Waals surface area contributed by atoms with Crippen LogP contribution in [0, 0.1) is 0 Å². The van der Waals surface area contributed by atoms with Gasteiger partial charge < -0.3 is 42.3 Å². The van der Waals surface area contributed by atoms with Crippen LogP contribution < -0.4 is 32.4 Å². The van der Waals surface area contributed by atoms with E-state index in [2.05, 4.69) is 53.5 Å². The van der Waals surface area contributed by atoms with Crippen molar-refractivity contribution in [2.24, 2.45) is 0 Å². The Hall–Kier alpha value is -8.15. The first-order chi connectivity index (χ1) is 42.6. The molecule has 0 radical (unpaired) electrons. The number of imidazole rings is 4. The molecule has 4 aromatic carbocycles. The van der Waals surface area contributed by atoms with E-state index in [1.807, 2.05) is 155 Å². The summed E-state index contributed by atoms with van der Waals surface area (Å²) in [5, 5.41) is 12.3. The summed E-state index contributed by atoms with van der Waals surface area (Å²) >= 11 is 3.45. The van der Waals surface area contributed by atoms with Gasteiger partial charge in [0.05, 0.1) is 86.6 Å². The van der Waals surface area contributed by atoms with Crippen LogP contribution in [0.15, 0.2) is 113 Å². The minimum atomic E-state index is -4.37. The summed E-state index contributed by atoms with van der Waals surface area (Å²) in [6.45, 7) is 19.4. The molecule has 0 atom stereocenters. The zero-order valence-corrected chi connectivity index (χ0v) is 53.9. The van der Waals surface area contributed by atoms with E-state index in [0.717, 1.165) is 95.7 Å². The Morgan fingerprint density at radius 3 is 1.47 bits per heavy atom. The van der Waals surface area contributed by atoms with E-state index < -0.39 is 21.4 Å². The lowest BCUT2D eigenvalue weighted by Gasteiger charge is -2.24. The Kier molecular flexibility index (Phi) is 20.6. The monoisotopic (exact) mass is 1270 g/mol. The van der Waals surface area contributed by atoms with Crippen LogP contribution in [0.5, 0.6) is 5.88 Å². The van der Waals surface area contributed by atoms with Gasteiger partial charge in [0.1, 0.15) is 15.7 Å². The van der Waals surface area contributed by atoms with E-state index in [9.17, 15) is 18.1 Å². The van der Waals surface area contributed by atoms with Gasteiger partial charge in [-0.2, -0.15) is 13.1 Å². The van der Waals surface area contributed by atoms with E-state index in [4.69, 9.17) is 42.1 Å². The van der Waals surface area contributed by atoms with Crippen molar-refractivity contribution in [3.05, 3.63) is 126 Å². The molecule has 0 aliphatic carbocycles. The molecule has 89 heavy (non-hydrogen) atoms. The molecule has 0 aliphatic heterocycles. The summed E-state index contributed by atoms with van der Waals surface area (Å²) in [7, 11) is -4.37. The number of thioether (sulfide) groups is 2. The number of aliphatic hydroxyl groups is 1. The number of anilines is 4. The van der Waals surface area contributed by atoms with Crippen molar-refractivity contribution in [2.45, 2.75) is 122 Å². The zero-order valence-electron chi connectivity index (χ0n) is 51.4. The van der Waals surface area contributed by atoms with E-state index in [1.54, 1.807) is 37.4 Å². The predicted octanol–water partition coefficient (Wildman–Crippen LogP) is 10.4. The molecule has 0 aliphatic rings. The minimum absolute atomic E-state index is 0.253. The number of nitrogens with one attached hydrogen (secondary N) is 1. The highest BCUT2D eigenvalue weighted by Crippen LogP contribution is 2.34. The van der Waals surface area contributed by atoms with Gasteiger partial charge in [0.2, 0.25) is 5.88 Å². The maximum atomic E-state index is 11.3. The van der Waals surface area contributed by atoms with Gasteiger partial charge in [-0.3, -0.25) is 22.2 Å². The van der Waals surface area contributed by atoms with Gasteiger partial charge in [-0.15, -0.1) is 23.5 Å². The largest absolute Gasteiger partial charge is 0.477 e. The van der Waals surface area contributed by atoms with Crippen molar-refractivity contribution >= 4 is 124 Å². The van der Waals surface area contributed by atoms with Gasteiger partial charge in [-0.05, 0) is 121 Å². The molecule has 0 unspecified atom stereocenters. The molecule has 24 nitrogen and oxygen atoms in total. The predicted molar refractivity (Wildman–Crippen MR) is 356 cm³/mol. The molecule has 8 aromatic heterocycles. The minimum Gasteiger partial charge on any atom is -0.477 e. The Balaban J connectivity index is 0.000000142. The number of nitrogen functional groups attached to an aromatic ring is 4. The SMILES string of the molecule is CCCSc1cn2c(n1)c(N)nc1ccccc12.CCCSc1nc2c(N)nc3ccccc3n2c1CC(C)(C)O.CCOCc1nc2c(N)nc3ccccc3n2c1CC(C)(C)NS(=O)(=O)O.CCOCc1nc2c(N)nc3ccccc3n2c1OCC. The summed E-state index contributed by atoms with van der Waals surface area (Å²) < 4.78 is 58.8. The van der Waals surface area contributed by atoms with Crippen LogP contribution in [-0.2, 0) is 45.8 Å². The smallest absolute Gasteiger partial charge is 0.333 e. The summed E-state index contributed by atoms with van der Waals surface area (Å²) in [6.07, 6.45) is 5.00. The van der Waals surface area contributed by atoms with E-state index in [1.165, 1.54) is 0 Å². The topological polar surface area (TPSA) is 339 Å². The maximum absolute atomic E-state index is 11.3. The standard InChI is InChI=1S/C17H23N5O4S.C17H22N4OS.C15H18N4O2.C13H14N4S/c1-4-26-10-12-14(9-17(2,3)21-27(23,24)25)22-13-8-6-5-7-11(13)19-15(18)16(22)20-12;1-4-9-23-16-13(10-17(2,3)22)21-12-8-6-5-7-11(12)19-14(18)15(21)20-16;1-3-20-9-11-15(21-4-2)19-12-8-6-5-7-10(12)17-13(16)14(19)18-11;1-2-7-18-11-8-17-10-6-4-3-5-9(10)15-12(14)13(17)16-11/h5-8,21H,4,9-10H2,1-3H3,(H2,18,19)(H,23,24,25);5-8,22H,4,9-10H2,1-3H3,(H2,18,19);5-8H,3-4,9H2,1-2H3,(H2,16,17);3-6,8H,2,7H2,1H3,(H2,14,15). The molecule has 11 N–H and O–H groups in total. The lowest BCUT2D eigenvalue weighted by molar-refractivity contribution is 0.0791. The van der Waals surface area contributed by atoms with Crippen LogP contribution in [0.4, 0.5) is 23.3 Å². The molecular weight excluding hydrogens is 1190 g/mol. The lowest BCUT2D eigenvalue weighted by atomic mass is 9.99. The van der Waals surface area contributed by atoms with E-state index in [0.29, 0.717) is 84.3 Å². The van der Waals surface area contributed by atoms with Crippen molar-refractivity contribution in [1.82, 2.24) is 62.2 Å². The molecule has 8 heterocycles. The number of rotatable bonds is 20. The first kappa shape index (κ1) is 65.3. The summed E-state index contributed by atoms with van der Waals surface area (Å²) in [4.78, 5) is 36.0. The Morgan fingerprint density at radius 1 is 0.528 bits per heavy atom. The van der Waals surface area contributed by atoms with Crippen LogP contribution >= 0.6 is 23.5 Å². The Bertz CT molecular complexity index is 4580. The summed E-state index contributed by atoms with van der Waals surface area (Å²) in [5.41, 5.74) is 35.0. The third kappa shape index (κ3) is 15.1. The van der Waals surface area contributed by atoms with Crippen molar-refractivity contribution in [3.63, 3.8) is 0 Å². The molecule has 0 amide bonds. The molecule has 470 valence electrons. The highest BCUT2D eigenvalue weighted by molar-refractivity contribution is 7.99. The fraction of sp³-hybridized carbons (Fsp3) is 0.355. The molecule has 0 spiro atoms. The number of nitrogens with zero attached hydrogens (tertiary/aromatic N) is 12. The van der Waals surface area contributed by atoms with Crippen molar-refractivity contribution < 1.29 is 32.3 Å². The van der Waals surface area contributed by atoms with Crippen LogP contribution in [0.3, 0.4) is 0 Å². The van der Waals surface area contributed by atoms with Gasteiger partial charge in [-0.1, -0.05) is 62.4 Å². The van der Waals surface area contributed by atoms with Crippen molar-refractivity contribution in [1.29, 1.82) is 0 Å². The molecule has 12 rings (SSSR count). The van der Waals surface area contributed by atoms with Crippen LogP contribution in [0.25, 0.3) is 66.7 Å². The van der Waals surface area contributed by atoms with Crippen LogP contribution in [0.2, 0.25) is 0 Å². The number of benzene rings is 4. The third-order valence-electron chi connectivity index (χ3n) is 13.6. The highest BCUT2D eigenvalue weighted by Gasteiger charge is 2.29. The molecule has 0 bridgehead atoms. The summed E-state index contributed by atoms with van der Waals surface area (Å²) in [6, 6.07) is 31.1. The van der Waals surface area contributed by atoms with E-state index in [-0.39, 0.29) is 18.8 Å². The maximum Gasteiger partial charge on any atom is 0.333 e. The number of hydrogen-bond acceptors (Lipinski definition) is 20. The van der Waals surface area contributed by atoms with Gasteiger partial charge in [0, 0.05) is 37.8 Å². The zero-order chi connectivity index (χ0) is 63.8. The molecule has 0 saturated carbocycles. The number of hydrogen-bond donors (Lipinski definition) is 7. The van der Waals surface area contributed by atoms with Gasteiger partial charge in [0.15, 0.2) is 45.9 Å². The van der Waals surface area contributed by atoms with Gasteiger partial charge in [0.25, 0.3) is 0 Å². The number of fused-ring (bicyclic) bond motifs is 12. The third-order valence-corrected chi connectivity index (χ3v) is 16.8. The molecule has 27 heteroatoms. The van der Waals surface area contributed by atoms with Crippen LogP contribution in [0.1, 0.15) is 97.9 Å². The first-order valence-corrected chi connectivity index (χ1v) is 32.7. The van der Waals surface area contributed by atoms with Gasteiger partial charge in [-0.25, -0.2) is 39.9 Å². The number of nitrogens with two attached hydrogens (primary N) is 4. The highest BCUT2D eigenvalue weighted by atomic mass is 32.2. The number of para-hydroxylation sites is 8. The average molecular weight is 1270 g/mol. The normalized spacial score (nSPS) is 12.1. The molecule has 0 fully saturated rings. The second-order valence-electron chi connectivity index (χ2n) is 22.0. The molecule has 0 saturated heterocycles. The fourth-order valence-corrected chi connectivity index (χ4v) is 12.5. The van der Waals surface area contributed by atoms with E-state index >= 15 is 0 Å². The Labute approximate surface area is 524 Å². The fourth-order valence-electron chi connectivity index (χ4n) is 10.1.